The van der Waals surface area contributed by atoms with Gasteiger partial charge in [-0.1, -0.05) is 18.2 Å². The van der Waals surface area contributed by atoms with E-state index < -0.39 is 17.6 Å². The van der Waals surface area contributed by atoms with Crippen molar-refractivity contribution in [2.24, 2.45) is 0 Å². The number of nitriles is 1. The fourth-order valence-corrected chi connectivity index (χ4v) is 2.49. The Labute approximate surface area is 141 Å². The minimum Gasteiger partial charge on any atom is -0.478 e. The fourth-order valence-electron chi connectivity index (χ4n) is 2.49. The molecule has 1 heterocycles. The van der Waals surface area contributed by atoms with Crippen LogP contribution in [-0.2, 0) is 0 Å². The van der Waals surface area contributed by atoms with Gasteiger partial charge in [0.1, 0.15) is 11.6 Å². The van der Waals surface area contributed by atoms with Gasteiger partial charge >= 0.3 is 5.97 Å². The summed E-state index contributed by atoms with van der Waals surface area (Å²) in [5.41, 5.74) is 0.546. The number of carboxylic acid groups (broad SMARTS) is 1. The lowest BCUT2D eigenvalue weighted by Gasteiger charge is -2.07. The molecule has 1 N–H and O–H groups in total. The highest BCUT2D eigenvalue weighted by Gasteiger charge is 2.19. The van der Waals surface area contributed by atoms with Crippen molar-refractivity contribution in [3.05, 3.63) is 77.2 Å². The van der Waals surface area contributed by atoms with Gasteiger partial charge in [0.25, 0.3) is 0 Å². The van der Waals surface area contributed by atoms with E-state index in [9.17, 15) is 18.8 Å². The molecule has 0 bridgehead atoms. The molecule has 2 aromatic rings. The Kier molecular flexibility index (Phi) is 4.27. The van der Waals surface area contributed by atoms with Crippen molar-refractivity contribution >= 4 is 17.2 Å². The molecule has 7 heteroatoms. The third-order valence-corrected chi connectivity index (χ3v) is 3.72. The molecule has 0 aliphatic heterocycles. The average Bonchev–Trinajstić information content (AvgIpc) is 2.98. The molecule has 0 saturated carbocycles. The Morgan fingerprint density at radius 1 is 1.28 bits per heavy atom. The van der Waals surface area contributed by atoms with Gasteiger partial charge in [0.2, 0.25) is 0 Å². The van der Waals surface area contributed by atoms with Crippen molar-refractivity contribution in [1.82, 2.24) is 9.78 Å². The molecular formula is C18H11F2N3O2. The third kappa shape index (κ3) is 3.10. The first kappa shape index (κ1) is 16.3. The molecule has 0 radical (unpaired) electrons. The molecule has 5 nitrogen and oxygen atoms in total. The summed E-state index contributed by atoms with van der Waals surface area (Å²) in [6.07, 6.45) is 7.29. The SMILES string of the molecule is N#CC1=CCC(n2cc(C(=O)O)cn2)=CC=C1c1c(F)cccc1F. The monoisotopic (exact) mass is 339 g/mol. The van der Waals surface area contributed by atoms with Crippen molar-refractivity contribution in [2.75, 3.05) is 0 Å². The average molecular weight is 339 g/mol. The van der Waals surface area contributed by atoms with Crippen LogP contribution in [0.5, 0.6) is 0 Å². The van der Waals surface area contributed by atoms with Gasteiger partial charge in [0.05, 0.1) is 29.0 Å². The maximum absolute atomic E-state index is 14.1. The van der Waals surface area contributed by atoms with Gasteiger partial charge < -0.3 is 5.11 Å². The molecular weight excluding hydrogens is 328 g/mol. The molecule has 0 amide bonds. The second-order valence-corrected chi connectivity index (χ2v) is 5.25. The number of hydrogen-bond donors (Lipinski definition) is 1. The van der Waals surface area contributed by atoms with E-state index >= 15 is 0 Å². The molecule has 3 rings (SSSR count). The first-order valence-electron chi connectivity index (χ1n) is 7.25. The lowest BCUT2D eigenvalue weighted by molar-refractivity contribution is 0.0697. The number of aromatic nitrogens is 2. The van der Waals surface area contributed by atoms with E-state index in [0.717, 1.165) is 12.1 Å². The maximum atomic E-state index is 14.1. The quantitative estimate of drug-likeness (QED) is 0.926. The Bertz CT molecular complexity index is 974. The molecule has 0 unspecified atom stereocenters. The number of halogens is 2. The number of rotatable bonds is 3. The van der Waals surface area contributed by atoms with E-state index in [0.29, 0.717) is 5.70 Å². The molecule has 25 heavy (non-hydrogen) atoms. The summed E-state index contributed by atoms with van der Waals surface area (Å²) in [5, 5.41) is 22.3. The van der Waals surface area contributed by atoms with Crippen LogP contribution in [0.15, 0.2) is 54.4 Å². The smallest absolute Gasteiger partial charge is 0.338 e. The van der Waals surface area contributed by atoms with Crippen LogP contribution in [-0.4, -0.2) is 20.9 Å². The Balaban J connectivity index is 2.09. The Morgan fingerprint density at radius 2 is 2.00 bits per heavy atom. The second-order valence-electron chi connectivity index (χ2n) is 5.25. The summed E-state index contributed by atoms with van der Waals surface area (Å²) in [4.78, 5) is 11.0. The standard InChI is InChI=1S/C18H11F2N3O2/c19-15-2-1-3-16(20)17(15)14-7-6-13(5-4-11(14)8-21)23-10-12(9-22-23)18(24)25/h1-4,6-7,9-10H,5H2,(H,24,25). The normalized spacial score (nSPS) is 14.0. The number of carbonyl (C=O) groups is 1. The fraction of sp³-hybridized carbons (Fsp3) is 0.0556. The molecule has 0 fully saturated rings. The molecule has 1 aliphatic carbocycles. The van der Waals surface area contributed by atoms with E-state index in [1.165, 1.54) is 35.3 Å². The molecule has 1 aliphatic rings. The minimum absolute atomic E-state index is 0.0129. The number of benzene rings is 1. The summed E-state index contributed by atoms with van der Waals surface area (Å²) in [6.45, 7) is 0. The van der Waals surface area contributed by atoms with Crippen LogP contribution in [0.25, 0.3) is 11.3 Å². The first-order chi connectivity index (χ1) is 12.0. The second kappa shape index (κ2) is 6.53. The highest BCUT2D eigenvalue weighted by atomic mass is 19.1. The lowest BCUT2D eigenvalue weighted by atomic mass is 9.97. The van der Waals surface area contributed by atoms with Crippen molar-refractivity contribution < 1.29 is 18.7 Å². The third-order valence-electron chi connectivity index (χ3n) is 3.72. The van der Waals surface area contributed by atoms with Gasteiger partial charge in [0, 0.05) is 23.9 Å². The zero-order valence-electron chi connectivity index (χ0n) is 12.8. The Hall–Kier alpha value is -3.53. The van der Waals surface area contributed by atoms with Gasteiger partial charge in [-0.05, 0) is 18.2 Å². The lowest BCUT2D eigenvalue weighted by Crippen LogP contribution is -1.97. The number of aromatic carboxylic acids is 1. The zero-order valence-corrected chi connectivity index (χ0v) is 12.8. The van der Waals surface area contributed by atoms with Gasteiger partial charge in [-0.25, -0.2) is 18.3 Å². The first-order valence-corrected chi connectivity index (χ1v) is 7.25. The van der Waals surface area contributed by atoms with E-state index in [1.54, 1.807) is 6.08 Å². The van der Waals surface area contributed by atoms with E-state index in [-0.39, 0.29) is 28.7 Å². The molecule has 1 aromatic carbocycles. The predicted octanol–water partition coefficient (Wildman–Crippen LogP) is 3.64. The van der Waals surface area contributed by atoms with Crippen molar-refractivity contribution in [3.8, 4) is 6.07 Å². The van der Waals surface area contributed by atoms with E-state index in [2.05, 4.69) is 5.10 Å². The van der Waals surface area contributed by atoms with Crippen molar-refractivity contribution in [2.45, 2.75) is 6.42 Å². The number of carboxylic acids is 1. The minimum atomic E-state index is -1.11. The summed E-state index contributed by atoms with van der Waals surface area (Å²) < 4.78 is 29.5. The summed E-state index contributed by atoms with van der Waals surface area (Å²) in [7, 11) is 0. The van der Waals surface area contributed by atoms with Crippen molar-refractivity contribution in [1.29, 1.82) is 5.26 Å². The van der Waals surface area contributed by atoms with E-state index in [4.69, 9.17) is 5.11 Å². The molecule has 0 spiro atoms. The molecule has 0 atom stereocenters. The van der Waals surface area contributed by atoms with Crippen LogP contribution in [0.4, 0.5) is 8.78 Å². The number of hydrogen-bond acceptors (Lipinski definition) is 3. The van der Waals surface area contributed by atoms with Gasteiger partial charge in [-0.3, -0.25) is 0 Å². The predicted molar refractivity (Wildman–Crippen MR) is 86.1 cm³/mol. The van der Waals surface area contributed by atoms with Crippen LogP contribution in [0.1, 0.15) is 22.3 Å². The number of nitrogens with zero attached hydrogens (tertiary/aromatic N) is 3. The van der Waals surface area contributed by atoms with Crippen LogP contribution in [0.3, 0.4) is 0 Å². The Morgan fingerprint density at radius 3 is 2.60 bits per heavy atom. The largest absolute Gasteiger partial charge is 0.478 e. The highest BCUT2D eigenvalue weighted by Crippen LogP contribution is 2.31. The van der Waals surface area contributed by atoms with Crippen molar-refractivity contribution in [3.63, 3.8) is 0 Å². The molecule has 0 saturated heterocycles. The van der Waals surface area contributed by atoms with Gasteiger partial charge in [0.15, 0.2) is 0 Å². The van der Waals surface area contributed by atoms with Crippen LogP contribution >= 0.6 is 0 Å². The number of allylic oxidation sites excluding steroid dienone is 6. The highest BCUT2D eigenvalue weighted by molar-refractivity contribution is 5.88. The maximum Gasteiger partial charge on any atom is 0.338 e. The van der Waals surface area contributed by atoms with Crippen LogP contribution < -0.4 is 0 Å². The van der Waals surface area contributed by atoms with Gasteiger partial charge in [-0.2, -0.15) is 10.4 Å². The molecule has 124 valence electrons. The topological polar surface area (TPSA) is 78.9 Å². The van der Waals surface area contributed by atoms with E-state index in [1.807, 2.05) is 6.07 Å². The van der Waals surface area contributed by atoms with Crippen LogP contribution in [0.2, 0.25) is 0 Å². The summed E-state index contributed by atoms with van der Waals surface area (Å²) in [5.74, 6) is -2.65. The van der Waals surface area contributed by atoms with Gasteiger partial charge in [-0.15, -0.1) is 0 Å². The van der Waals surface area contributed by atoms with Crippen LogP contribution in [0, 0.1) is 23.0 Å². The summed E-state index contributed by atoms with van der Waals surface area (Å²) in [6, 6.07) is 5.44. The summed E-state index contributed by atoms with van der Waals surface area (Å²) >= 11 is 0. The zero-order chi connectivity index (χ0) is 18.0. The molecule has 1 aromatic heterocycles.